The van der Waals surface area contributed by atoms with E-state index >= 15 is 0 Å². The summed E-state index contributed by atoms with van der Waals surface area (Å²) in [6, 6.07) is 3.08. The van der Waals surface area contributed by atoms with Gasteiger partial charge >= 0.3 is 5.97 Å². The van der Waals surface area contributed by atoms with E-state index in [2.05, 4.69) is 4.74 Å². The molecule has 1 saturated heterocycles. The number of hydrogen-bond donors (Lipinski definition) is 0. The Hall–Kier alpha value is -2.28. The summed E-state index contributed by atoms with van der Waals surface area (Å²) >= 11 is 5.96. The molecule has 1 aliphatic heterocycles. The molecule has 2 aromatic rings. The van der Waals surface area contributed by atoms with Crippen LogP contribution in [0.2, 0.25) is 5.02 Å². The zero-order chi connectivity index (χ0) is 22.9. The molecule has 0 bridgehead atoms. The van der Waals surface area contributed by atoms with E-state index in [-0.39, 0.29) is 36.9 Å². The molecule has 0 saturated carbocycles. The molecule has 0 N–H and O–H groups in total. The molecular formula is C18H13ClF5NO5S. The van der Waals surface area contributed by atoms with Crippen LogP contribution < -0.4 is 0 Å². The van der Waals surface area contributed by atoms with Gasteiger partial charge in [-0.1, -0.05) is 11.6 Å². The third-order valence-electron chi connectivity index (χ3n) is 4.40. The summed E-state index contributed by atoms with van der Waals surface area (Å²) in [5.41, 5.74) is -1.71. The van der Waals surface area contributed by atoms with Crippen molar-refractivity contribution in [3.05, 3.63) is 63.4 Å². The molecule has 13 heteroatoms. The van der Waals surface area contributed by atoms with Crippen LogP contribution in [0.4, 0.5) is 22.0 Å². The van der Waals surface area contributed by atoms with Crippen molar-refractivity contribution in [1.29, 1.82) is 0 Å². The van der Waals surface area contributed by atoms with Gasteiger partial charge < -0.3 is 9.47 Å². The minimum atomic E-state index is -4.09. The van der Waals surface area contributed by atoms with Gasteiger partial charge in [-0.2, -0.15) is 4.31 Å². The van der Waals surface area contributed by atoms with Gasteiger partial charge in [-0.3, -0.25) is 0 Å². The molecule has 1 aliphatic rings. The summed E-state index contributed by atoms with van der Waals surface area (Å²) in [7, 11) is -4.09. The van der Waals surface area contributed by atoms with Crippen molar-refractivity contribution < 1.29 is 44.6 Å². The van der Waals surface area contributed by atoms with Crippen molar-refractivity contribution in [3.63, 3.8) is 0 Å². The van der Waals surface area contributed by atoms with Crippen LogP contribution in [-0.4, -0.2) is 45.0 Å². The van der Waals surface area contributed by atoms with E-state index in [1.807, 2.05) is 0 Å². The molecule has 2 aromatic carbocycles. The van der Waals surface area contributed by atoms with E-state index < -0.39 is 62.1 Å². The SMILES string of the molecule is O=C(OCc1c(F)c(F)c(F)c(F)c1F)c1ccc(Cl)c(S(=O)(=O)N2CCOCC2)c1. The lowest BCUT2D eigenvalue weighted by molar-refractivity contribution is 0.0461. The molecule has 0 spiro atoms. The Labute approximate surface area is 178 Å². The molecule has 0 amide bonds. The lowest BCUT2D eigenvalue weighted by Gasteiger charge is -2.26. The number of benzene rings is 2. The average Bonchev–Trinajstić information content (AvgIpc) is 2.77. The number of sulfonamides is 1. The first-order valence-electron chi connectivity index (χ1n) is 8.60. The van der Waals surface area contributed by atoms with Gasteiger partial charge in [-0.05, 0) is 18.2 Å². The second-order valence-electron chi connectivity index (χ2n) is 6.29. The highest BCUT2D eigenvalue weighted by molar-refractivity contribution is 7.89. The molecule has 6 nitrogen and oxygen atoms in total. The summed E-state index contributed by atoms with van der Waals surface area (Å²) in [6.07, 6.45) is 0. The minimum absolute atomic E-state index is 0.0631. The van der Waals surface area contributed by atoms with E-state index in [0.29, 0.717) is 0 Å². The highest BCUT2D eigenvalue weighted by Crippen LogP contribution is 2.28. The maximum atomic E-state index is 13.7. The van der Waals surface area contributed by atoms with Crippen LogP contribution in [-0.2, 0) is 26.1 Å². The van der Waals surface area contributed by atoms with Gasteiger partial charge in [0.25, 0.3) is 0 Å². The van der Waals surface area contributed by atoms with E-state index in [4.69, 9.17) is 16.3 Å². The predicted molar refractivity (Wildman–Crippen MR) is 96.4 cm³/mol. The number of ether oxygens (including phenoxy) is 2. The fourth-order valence-corrected chi connectivity index (χ4v) is 4.66. The highest BCUT2D eigenvalue weighted by atomic mass is 35.5. The molecule has 0 radical (unpaired) electrons. The number of hydrogen-bond acceptors (Lipinski definition) is 5. The van der Waals surface area contributed by atoms with E-state index in [1.165, 1.54) is 0 Å². The van der Waals surface area contributed by atoms with Gasteiger partial charge in [0.1, 0.15) is 11.5 Å². The molecule has 1 fully saturated rings. The Morgan fingerprint density at radius 1 is 1.00 bits per heavy atom. The maximum Gasteiger partial charge on any atom is 0.338 e. The summed E-state index contributed by atoms with van der Waals surface area (Å²) in [4.78, 5) is 11.8. The molecule has 31 heavy (non-hydrogen) atoms. The van der Waals surface area contributed by atoms with E-state index in [1.54, 1.807) is 0 Å². The summed E-state index contributed by atoms with van der Waals surface area (Å²) in [5.74, 6) is -12.3. The number of carbonyl (C=O) groups is 1. The first-order chi connectivity index (χ1) is 14.6. The second-order valence-corrected chi connectivity index (χ2v) is 8.60. The van der Waals surface area contributed by atoms with Gasteiger partial charge in [-0.25, -0.2) is 35.2 Å². The van der Waals surface area contributed by atoms with Crippen molar-refractivity contribution in [2.45, 2.75) is 11.5 Å². The predicted octanol–water partition coefficient (Wildman–Crippen LogP) is 3.41. The van der Waals surface area contributed by atoms with Gasteiger partial charge in [0.05, 0.1) is 29.4 Å². The van der Waals surface area contributed by atoms with Crippen LogP contribution in [0.25, 0.3) is 0 Å². The molecule has 0 aliphatic carbocycles. The van der Waals surface area contributed by atoms with Crippen LogP contribution in [0, 0.1) is 29.1 Å². The third kappa shape index (κ3) is 4.52. The summed E-state index contributed by atoms with van der Waals surface area (Å²) in [6.45, 7) is -0.818. The maximum absolute atomic E-state index is 13.7. The number of halogens is 6. The summed E-state index contributed by atoms with van der Waals surface area (Å²) < 4.78 is 103. The molecule has 0 unspecified atom stereocenters. The van der Waals surface area contributed by atoms with Gasteiger partial charge in [0, 0.05) is 13.1 Å². The van der Waals surface area contributed by atoms with E-state index in [0.717, 1.165) is 22.5 Å². The minimum Gasteiger partial charge on any atom is -0.457 e. The molecule has 0 aromatic heterocycles. The Kier molecular flexibility index (Phi) is 6.84. The van der Waals surface area contributed by atoms with Crippen LogP contribution in [0.15, 0.2) is 23.1 Å². The van der Waals surface area contributed by atoms with Crippen LogP contribution in [0.5, 0.6) is 0 Å². The second kappa shape index (κ2) is 9.07. The number of rotatable bonds is 5. The van der Waals surface area contributed by atoms with Crippen molar-refractivity contribution in [2.75, 3.05) is 26.3 Å². The zero-order valence-electron chi connectivity index (χ0n) is 15.4. The smallest absolute Gasteiger partial charge is 0.338 e. The lowest BCUT2D eigenvalue weighted by atomic mass is 10.1. The fraction of sp³-hybridized carbons (Fsp3) is 0.278. The lowest BCUT2D eigenvalue weighted by Crippen LogP contribution is -2.40. The van der Waals surface area contributed by atoms with Crippen molar-refractivity contribution in [1.82, 2.24) is 4.31 Å². The van der Waals surface area contributed by atoms with Crippen molar-refractivity contribution in [2.24, 2.45) is 0 Å². The van der Waals surface area contributed by atoms with Crippen LogP contribution in [0.1, 0.15) is 15.9 Å². The fourth-order valence-electron chi connectivity index (χ4n) is 2.75. The topological polar surface area (TPSA) is 72.9 Å². The standard InChI is InChI=1S/C18H13ClF5NO5S/c19-11-2-1-9(7-12(11)31(27,28)25-3-5-29-6-4-25)18(26)30-8-10-13(20)15(22)17(24)16(23)14(10)21/h1-2,7H,3-6,8H2. The highest BCUT2D eigenvalue weighted by Gasteiger charge is 2.30. The van der Waals surface area contributed by atoms with Gasteiger partial charge in [0.2, 0.25) is 15.8 Å². The Morgan fingerprint density at radius 3 is 2.13 bits per heavy atom. The van der Waals surface area contributed by atoms with Crippen molar-refractivity contribution >= 4 is 27.6 Å². The molecule has 1 heterocycles. The average molecular weight is 486 g/mol. The first-order valence-corrected chi connectivity index (χ1v) is 10.4. The Morgan fingerprint density at radius 2 is 1.55 bits per heavy atom. The quantitative estimate of drug-likeness (QED) is 0.281. The summed E-state index contributed by atoms with van der Waals surface area (Å²) in [5, 5.41) is -0.192. The zero-order valence-corrected chi connectivity index (χ0v) is 17.0. The van der Waals surface area contributed by atoms with Crippen molar-refractivity contribution in [3.8, 4) is 0 Å². The largest absolute Gasteiger partial charge is 0.457 e. The van der Waals surface area contributed by atoms with E-state index in [9.17, 15) is 35.2 Å². The monoisotopic (exact) mass is 485 g/mol. The molecule has 168 valence electrons. The number of nitrogens with zero attached hydrogens (tertiary/aromatic N) is 1. The third-order valence-corrected chi connectivity index (χ3v) is 6.78. The first kappa shape index (κ1) is 23.4. The van der Waals surface area contributed by atoms with Gasteiger partial charge in [0.15, 0.2) is 23.3 Å². The Bertz CT molecular complexity index is 1110. The molecule has 0 atom stereocenters. The molecule has 3 rings (SSSR count). The van der Waals surface area contributed by atoms with Crippen LogP contribution in [0.3, 0.4) is 0 Å². The van der Waals surface area contributed by atoms with Gasteiger partial charge in [-0.15, -0.1) is 0 Å². The normalized spacial score (nSPS) is 15.2. The number of carbonyl (C=O) groups excluding carboxylic acids is 1. The van der Waals surface area contributed by atoms with Crippen LogP contribution >= 0.6 is 11.6 Å². The molecular weight excluding hydrogens is 473 g/mol. The number of esters is 1. The Balaban J connectivity index is 1.85. The number of morpholine rings is 1.